The van der Waals surface area contributed by atoms with E-state index >= 15 is 0 Å². The summed E-state index contributed by atoms with van der Waals surface area (Å²) in [6.07, 6.45) is 0.893. The van der Waals surface area contributed by atoms with Gasteiger partial charge in [-0.2, -0.15) is 0 Å². The molecule has 1 saturated heterocycles. The van der Waals surface area contributed by atoms with E-state index in [0.29, 0.717) is 31.8 Å². The second-order valence-electron chi connectivity index (χ2n) is 6.34. The first-order valence-electron chi connectivity index (χ1n) is 8.26. The maximum Gasteiger partial charge on any atom is 0.259 e. The minimum absolute atomic E-state index is 0.0380. The topological polar surface area (TPSA) is 44.5 Å². The Morgan fingerprint density at radius 3 is 2.48 bits per heavy atom. The van der Waals surface area contributed by atoms with Gasteiger partial charge in [-0.05, 0) is 34.6 Å². The zero-order valence-corrected chi connectivity index (χ0v) is 16.1. The third-order valence-electron chi connectivity index (χ3n) is 3.59. The van der Waals surface area contributed by atoms with Gasteiger partial charge in [-0.3, -0.25) is 0 Å². The van der Waals surface area contributed by atoms with Crippen molar-refractivity contribution in [1.29, 1.82) is 0 Å². The number of nitrogens with zero attached hydrogens (tertiary/aromatic N) is 2. The van der Waals surface area contributed by atoms with Gasteiger partial charge in [0.2, 0.25) is 6.54 Å². The maximum absolute atomic E-state index is 6.92. The van der Waals surface area contributed by atoms with E-state index in [9.17, 15) is 0 Å². The summed E-state index contributed by atoms with van der Waals surface area (Å²) < 4.78 is 25.7. The highest BCUT2D eigenvalue weighted by molar-refractivity contribution is 7.44. The van der Waals surface area contributed by atoms with Crippen LogP contribution >= 0.6 is 8.53 Å². The van der Waals surface area contributed by atoms with Gasteiger partial charge in [-0.1, -0.05) is 0 Å². The fraction of sp³-hybridized carbons (Fsp3) is 0.938. The van der Waals surface area contributed by atoms with Crippen molar-refractivity contribution in [3.05, 3.63) is 11.4 Å². The van der Waals surface area contributed by atoms with Crippen LogP contribution < -0.4 is 0 Å². The van der Waals surface area contributed by atoms with Gasteiger partial charge in [0.25, 0.3) is 8.53 Å². The highest BCUT2D eigenvalue weighted by atomic mass is 31.2. The SMILES string of the molecule is [C-]#[N+]CCOP(OC1CC(C)OC1COC)N(C(C)C)C(C)C. The minimum atomic E-state index is -1.23. The van der Waals surface area contributed by atoms with E-state index in [4.69, 9.17) is 25.1 Å². The van der Waals surface area contributed by atoms with E-state index < -0.39 is 8.53 Å². The molecule has 134 valence electrons. The Labute approximate surface area is 142 Å². The fourth-order valence-corrected chi connectivity index (χ4v) is 4.50. The van der Waals surface area contributed by atoms with Crippen LogP contribution in [0.2, 0.25) is 0 Å². The number of ether oxygens (including phenoxy) is 2. The molecule has 1 rings (SSSR count). The largest absolute Gasteiger partial charge is 0.382 e. The first kappa shape index (κ1) is 20.8. The van der Waals surface area contributed by atoms with Crippen LogP contribution in [0, 0.1) is 6.57 Å². The Kier molecular flexibility index (Phi) is 9.53. The van der Waals surface area contributed by atoms with Crippen molar-refractivity contribution in [2.75, 3.05) is 26.9 Å². The molecule has 0 radical (unpaired) electrons. The Morgan fingerprint density at radius 2 is 1.96 bits per heavy atom. The molecule has 0 spiro atoms. The monoisotopic (exact) mass is 346 g/mol. The molecule has 6 nitrogen and oxygen atoms in total. The molecule has 0 amide bonds. The first-order valence-corrected chi connectivity index (χ1v) is 9.39. The molecule has 1 heterocycles. The van der Waals surface area contributed by atoms with Gasteiger partial charge in [0, 0.05) is 25.6 Å². The highest BCUT2D eigenvalue weighted by Gasteiger charge is 2.38. The van der Waals surface area contributed by atoms with E-state index in [1.807, 2.05) is 0 Å². The number of rotatable bonds is 10. The second-order valence-corrected chi connectivity index (χ2v) is 7.75. The van der Waals surface area contributed by atoms with Crippen LogP contribution in [-0.4, -0.2) is 61.9 Å². The molecule has 4 atom stereocenters. The van der Waals surface area contributed by atoms with Crippen molar-refractivity contribution < 1.29 is 18.5 Å². The summed E-state index contributed by atoms with van der Waals surface area (Å²) in [5, 5.41) is 0. The maximum atomic E-state index is 6.92. The Bertz CT molecular complexity index is 368. The quantitative estimate of drug-likeness (QED) is 0.344. The molecule has 1 aliphatic rings. The minimum Gasteiger partial charge on any atom is -0.382 e. The van der Waals surface area contributed by atoms with Crippen LogP contribution in [0.1, 0.15) is 41.0 Å². The lowest BCUT2D eigenvalue weighted by Gasteiger charge is -2.37. The lowest BCUT2D eigenvalue weighted by Crippen LogP contribution is -2.36. The first-order chi connectivity index (χ1) is 10.9. The molecule has 0 bridgehead atoms. The Balaban J connectivity index is 2.80. The molecule has 1 fully saturated rings. The predicted molar refractivity (Wildman–Crippen MR) is 92.2 cm³/mol. The van der Waals surface area contributed by atoms with Crippen LogP contribution in [0.5, 0.6) is 0 Å². The van der Waals surface area contributed by atoms with Gasteiger partial charge in [0.05, 0.1) is 18.8 Å². The van der Waals surface area contributed by atoms with Crippen LogP contribution in [0.4, 0.5) is 0 Å². The van der Waals surface area contributed by atoms with Crippen molar-refractivity contribution in [2.45, 2.75) is 71.4 Å². The van der Waals surface area contributed by atoms with Crippen molar-refractivity contribution in [1.82, 2.24) is 4.67 Å². The molecule has 0 saturated carbocycles. The van der Waals surface area contributed by atoms with Gasteiger partial charge in [0.15, 0.2) is 0 Å². The molecule has 7 heteroatoms. The summed E-state index contributed by atoms with van der Waals surface area (Å²) in [5.41, 5.74) is 0. The molecule has 0 N–H and O–H groups in total. The summed E-state index contributed by atoms with van der Waals surface area (Å²) in [6.45, 7) is 18.8. The smallest absolute Gasteiger partial charge is 0.259 e. The lowest BCUT2D eigenvalue weighted by atomic mass is 10.1. The van der Waals surface area contributed by atoms with E-state index in [2.05, 4.69) is 44.1 Å². The van der Waals surface area contributed by atoms with Gasteiger partial charge >= 0.3 is 0 Å². The highest BCUT2D eigenvalue weighted by Crippen LogP contribution is 2.48. The molecule has 0 aromatic heterocycles. The Hall–Kier alpha value is -0.280. The van der Waals surface area contributed by atoms with Gasteiger partial charge in [0.1, 0.15) is 12.7 Å². The average molecular weight is 346 g/mol. The number of hydrogen-bond acceptors (Lipinski definition) is 5. The average Bonchev–Trinajstić information content (AvgIpc) is 2.78. The number of methoxy groups -OCH3 is 1. The summed E-state index contributed by atoms with van der Waals surface area (Å²) in [6, 6.07) is 0.601. The van der Waals surface area contributed by atoms with E-state index in [-0.39, 0.29) is 18.3 Å². The third-order valence-corrected chi connectivity index (χ3v) is 5.75. The van der Waals surface area contributed by atoms with Crippen molar-refractivity contribution >= 4 is 8.53 Å². The molecule has 1 aliphatic heterocycles. The zero-order valence-electron chi connectivity index (χ0n) is 15.2. The number of hydrogen-bond donors (Lipinski definition) is 0. The van der Waals surface area contributed by atoms with E-state index in [0.717, 1.165) is 6.42 Å². The standard InChI is InChI=1S/C16H31N2O4P/c1-12(2)18(13(3)4)23(20-9-8-17-6)22-15-10-14(5)21-16(15)11-19-7/h12-16H,8-11H2,1-5,7H3. The third kappa shape index (κ3) is 6.62. The van der Waals surface area contributed by atoms with Crippen molar-refractivity contribution in [3.8, 4) is 0 Å². The van der Waals surface area contributed by atoms with Gasteiger partial charge in [-0.25, -0.2) is 11.2 Å². The molecular weight excluding hydrogens is 315 g/mol. The molecule has 0 aliphatic carbocycles. The van der Waals surface area contributed by atoms with Gasteiger partial charge < -0.3 is 23.4 Å². The second kappa shape index (κ2) is 10.6. The molecule has 0 aromatic carbocycles. The Morgan fingerprint density at radius 1 is 1.30 bits per heavy atom. The van der Waals surface area contributed by atoms with Crippen LogP contribution in [-0.2, 0) is 18.5 Å². The molecular formula is C16H31N2O4P. The fourth-order valence-electron chi connectivity index (χ4n) is 2.75. The summed E-state index contributed by atoms with van der Waals surface area (Å²) >= 11 is 0. The summed E-state index contributed by atoms with van der Waals surface area (Å²) in [7, 11) is 0.446. The predicted octanol–water partition coefficient (Wildman–Crippen LogP) is 3.48. The lowest BCUT2D eigenvalue weighted by molar-refractivity contribution is -0.0261. The summed E-state index contributed by atoms with van der Waals surface area (Å²) in [4.78, 5) is 3.36. The van der Waals surface area contributed by atoms with Crippen LogP contribution in [0.25, 0.3) is 4.85 Å². The molecule has 4 unspecified atom stereocenters. The zero-order chi connectivity index (χ0) is 17.4. The molecule has 23 heavy (non-hydrogen) atoms. The van der Waals surface area contributed by atoms with E-state index in [1.54, 1.807) is 7.11 Å². The van der Waals surface area contributed by atoms with E-state index in [1.165, 1.54) is 0 Å². The van der Waals surface area contributed by atoms with Crippen LogP contribution in [0.3, 0.4) is 0 Å². The summed E-state index contributed by atoms with van der Waals surface area (Å²) in [5.74, 6) is 0. The van der Waals surface area contributed by atoms with Crippen molar-refractivity contribution in [2.24, 2.45) is 0 Å². The molecule has 0 aromatic rings. The normalized spacial score (nSPS) is 26.2. The van der Waals surface area contributed by atoms with Crippen molar-refractivity contribution in [3.63, 3.8) is 0 Å². The van der Waals surface area contributed by atoms with Gasteiger partial charge in [-0.15, -0.1) is 0 Å². The van der Waals surface area contributed by atoms with Crippen LogP contribution in [0.15, 0.2) is 0 Å².